The first kappa shape index (κ1) is 11.3. The van der Waals surface area contributed by atoms with Crippen LogP contribution >= 0.6 is 11.6 Å². The van der Waals surface area contributed by atoms with Gasteiger partial charge in [-0.3, -0.25) is 0 Å². The number of likely N-dealkylation sites (N-methyl/N-ethyl adjacent to an activating group) is 1. The van der Waals surface area contributed by atoms with Gasteiger partial charge in [-0.25, -0.2) is 4.39 Å². The summed E-state index contributed by atoms with van der Waals surface area (Å²) in [6.07, 6.45) is -0.116. The number of benzene rings is 1. The molecule has 0 fully saturated rings. The molecule has 0 heterocycles. The van der Waals surface area contributed by atoms with Crippen LogP contribution in [-0.4, -0.2) is 19.7 Å². The molecule has 0 radical (unpaired) electrons. The van der Waals surface area contributed by atoms with Gasteiger partial charge in [-0.1, -0.05) is 17.7 Å². The zero-order valence-electron chi connectivity index (χ0n) is 8.18. The number of para-hydroxylation sites is 1. The van der Waals surface area contributed by atoms with Gasteiger partial charge in [-0.05, 0) is 26.1 Å². The fourth-order valence-electron chi connectivity index (χ4n) is 1.13. The number of ether oxygens (including phenoxy) is 1. The maximum absolute atomic E-state index is 13.2. The predicted molar refractivity (Wildman–Crippen MR) is 55.4 cm³/mol. The number of halogens is 2. The van der Waals surface area contributed by atoms with E-state index < -0.39 is 5.82 Å². The topological polar surface area (TPSA) is 21.3 Å². The third kappa shape index (κ3) is 2.86. The molecule has 4 heteroatoms. The molecule has 0 spiro atoms. The van der Waals surface area contributed by atoms with Crippen LogP contribution in [0.25, 0.3) is 0 Å². The van der Waals surface area contributed by atoms with Gasteiger partial charge in [0.2, 0.25) is 0 Å². The van der Waals surface area contributed by atoms with Crippen LogP contribution in [0.5, 0.6) is 5.75 Å². The van der Waals surface area contributed by atoms with Gasteiger partial charge in [0.25, 0.3) is 0 Å². The molecule has 0 saturated heterocycles. The molecule has 1 aromatic carbocycles. The summed E-state index contributed by atoms with van der Waals surface area (Å²) in [6.45, 7) is 2.49. The standard InChI is InChI=1S/C10H13ClFNO/c1-7(6-13-2)14-10-8(11)4-3-5-9(10)12/h3-5,7,13H,6H2,1-2H3. The summed E-state index contributed by atoms with van der Waals surface area (Å²) < 4.78 is 18.6. The molecule has 0 aliphatic carbocycles. The van der Waals surface area contributed by atoms with Gasteiger partial charge in [-0.15, -0.1) is 0 Å². The molecule has 0 amide bonds. The second-order valence-electron chi connectivity index (χ2n) is 3.04. The molecule has 1 atom stereocenters. The minimum atomic E-state index is -0.430. The highest BCUT2D eigenvalue weighted by Crippen LogP contribution is 2.27. The lowest BCUT2D eigenvalue weighted by Gasteiger charge is -2.15. The van der Waals surface area contributed by atoms with Crippen LogP contribution in [0.4, 0.5) is 4.39 Å². The summed E-state index contributed by atoms with van der Waals surface area (Å²) >= 11 is 5.79. The van der Waals surface area contributed by atoms with Gasteiger partial charge in [0.1, 0.15) is 6.10 Å². The Kier molecular flexibility index (Phi) is 4.17. The van der Waals surface area contributed by atoms with E-state index in [0.717, 1.165) is 0 Å². The van der Waals surface area contributed by atoms with E-state index in [2.05, 4.69) is 5.32 Å². The molecular weight excluding hydrogens is 205 g/mol. The second kappa shape index (κ2) is 5.17. The minimum absolute atomic E-state index is 0.116. The van der Waals surface area contributed by atoms with Crippen LogP contribution in [0.3, 0.4) is 0 Å². The molecule has 78 valence electrons. The van der Waals surface area contributed by atoms with Crippen molar-refractivity contribution in [3.05, 3.63) is 29.0 Å². The first-order valence-corrected chi connectivity index (χ1v) is 4.78. The maximum atomic E-state index is 13.2. The van der Waals surface area contributed by atoms with E-state index in [9.17, 15) is 4.39 Å². The summed E-state index contributed by atoms with van der Waals surface area (Å²) in [4.78, 5) is 0. The van der Waals surface area contributed by atoms with E-state index >= 15 is 0 Å². The van der Waals surface area contributed by atoms with Crippen molar-refractivity contribution in [1.29, 1.82) is 0 Å². The van der Waals surface area contributed by atoms with Crippen molar-refractivity contribution in [3.63, 3.8) is 0 Å². The first-order chi connectivity index (χ1) is 6.65. The Morgan fingerprint density at radius 3 is 2.86 bits per heavy atom. The van der Waals surface area contributed by atoms with E-state index in [4.69, 9.17) is 16.3 Å². The molecule has 0 aliphatic rings. The van der Waals surface area contributed by atoms with Gasteiger partial charge in [-0.2, -0.15) is 0 Å². The van der Waals surface area contributed by atoms with Crippen molar-refractivity contribution >= 4 is 11.6 Å². The quantitative estimate of drug-likeness (QED) is 0.837. The van der Waals surface area contributed by atoms with E-state index in [0.29, 0.717) is 11.6 Å². The molecule has 0 bridgehead atoms. The van der Waals surface area contributed by atoms with Gasteiger partial charge in [0.15, 0.2) is 11.6 Å². The lowest BCUT2D eigenvalue weighted by atomic mass is 10.3. The van der Waals surface area contributed by atoms with Crippen molar-refractivity contribution in [2.45, 2.75) is 13.0 Å². The highest BCUT2D eigenvalue weighted by molar-refractivity contribution is 6.32. The van der Waals surface area contributed by atoms with Crippen LogP contribution < -0.4 is 10.1 Å². The Morgan fingerprint density at radius 2 is 2.29 bits per heavy atom. The molecule has 1 aromatic rings. The Hall–Kier alpha value is -0.800. The molecule has 1 unspecified atom stereocenters. The van der Waals surface area contributed by atoms with Gasteiger partial charge >= 0.3 is 0 Å². The molecule has 14 heavy (non-hydrogen) atoms. The van der Waals surface area contributed by atoms with Gasteiger partial charge in [0.05, 0.1) is 5.02 Å². The summed E-state index contributed by atoms with van der Waals surface area (Å²) in [5.41, 5.74) is 0. The van der Waals surface area contributed by atoms with Crippen molar-refractivity contribution in [3.8, 4) is 5.75 Å². The molecule has 1 N–H and O–H groups in total. The third-order valence-corrected chi connectivity index (χ3v) is 2.03. The van der Waals surface area contributed by atoms with Crippen LogP contribution in [0, 0.1) is 5.82 Å². The zero-order valence-corrected chi connectivity index (χ0v) is 8.94. The van der Waals surface area contributed by atoms with Crippen LogP contribution in [0.1, 0.15) is 6.92 Å². The van der Waals surface area contributed by atoms with E-state index in [1.165, 1.54) is 6.07 Å². The van der Waals surface area contributed by atoms with Crippen molar-refractivity contribution < 1.29 is 9.13 Å². The number of hydrogen-bond acceptors (Lipinski definition) is 2. The fraction of sp³-hybridized carbons (Fsp3) is 0.400. The van der Waals surface area contributed by atoms with E-state index in [-0.39, 0.29) is 11.9 Å². The van der Waals surface area contributed by atoms with Crippen molar-refractivity contribution in [1.82, 2.24) is 5.32 Å². The molecular formula is C10H13ClFNO. The number of hydrogen-bond donors (Lipinski definition) is 1. The first-order valence-electron chi connectivity index (χ1n) is 4.40. The zero-order chi connectivity index (χ0) is 10.6. The lowest BCUT2D eigenvalue weighted by Crippen LogP contribution is -2.26. The SMILES string of the molecule is CNCC(C)Oc1c(F)cccc1Cl. The molecule has 0 saturated carbocycles. The smallest absolute Gasteiger partial charge is 0.173 e. The van der Waals surface area contributed by atoms with Crippen molar-refractivity contribution in [2.75, 3.05) is 13.6 Å². The molecule has 1 rings (SSSR count). The molecule has 0 aromatic heterocycles. The minimum Gasteiger partial charge on any atom is -0.485 e. The largest absolute Gasteiger partial charge is 0.485 e. The Bertz CT molecular complexity index is 286. The van der Waals surface area contributed by atoms with E-state index in [1.807, 2.05) is 14.0 Å². The van der Waals surface area contributed by atoms with Crippen LogP contribution in [0.15, 0.2) is 18.2 Å². The average Bonchev–Trinajstić information content (AvgIpc) is 2.12. The Balaban J connectivity index is 2.75. The Labute approximate surface area is 88.0 Å². The second-order valence-corrected chi connectivity index (χ2v) is 3.44. The molecule has 0 aliphatic heterocycles. The van der Waals surface area contributed by atoms with Crippen molar-refractivity contribution in [2.24, 2.45) is 0 Å². The average molecular weight is 218 g/mol. The van der Waals surface area contributed by atoms with Gasteiger partial charge in [0, 0.05) is 6.54 Å². The Morgan fingerprint density at radius 1 is 1.57 bits per heavy atom. The fourth-order valence-corrected chi connectivity index (χ4v) is 1.33. The van der Waals surface area contributed by atoms with Crippen LogP contribution in [0.2, 0.25) is 5.02 Å². The summed E-state index contributed by atoms with van der Waals surface area (Å²) in [6, 6.07) is 4.48. The number of nitrogens with one attached hydrogen (secondary N) is 1. The normalized spacial score (nSPS) is 12.6. The third-order valence-electron chi connectivity index (χ3n) is 1.73. The lowest BCUT2D eigenvalue weighted by molar-refractivity contribution is 0.211. The number of rotatable bonds is 4. The summed E-state index contributed by atoms with van der Waals surface area (Å²) in [7, 11) is 1.81. The maximum Gasteiger partial charge on any atom is 0.173 e. The summed E-state index contributed by atoms with van der Waals surface area (Å²) in [5.74, 6) is -0.308. The highest BCUT2D eigenvalue weighted by Gasteiger charge is 2.11. The van der Waals surface area contributed by atoms with Crippen LogP contribution in [-0.2, 0) is 0 Å². The predicted octanol–water partition coefficient (Wildman–Crippen LogP) is 2.47. The monoisotopic (exact) mass is 217 g/mol. The van der Waals surface area contributed by atoms with E-state index in [1.54, 1.807) is 12.1 Å². The summed E-state index contributed by atoms with van der Waals surface area (Å²) in [5, 5.41) is 3.24. The highest BCUT2D eigenvalue weighted by atomic mass is 35.5. The molecule has 2 nitrogen and oxygen atoms in total. The van der Waals surface area contributed by atoms with Gasteiger partial charge < -0.3 is 10.1 Å².